The largest absolute Gasteiger partial charge is 0.329 e. The zero-order valence-corrected chi connectivity index (χ0v) is 13.2. The van der Waals surface area contributed by atoms with Crippen LogP contribution in [0.3, 0.4) is 0 Å². The SMILES string of the molecule is CCC1CCCCC1(CN)N1CCCC1CN(C)C. The first-order valence-corrected chi connectivity index (χ1v) is 8.25. The Labute approximate surface area is 119 Å². The van der Waals surface area contributed by atoms with Gasteiger partial charge in [-0.1, -0.05) is 26.2 Å². The molecule has 0 aromatic rings. The van der Waals surface area contributed by atoms with Crippen molar-refractivity contribution < 1.29 is 0 Å². The fourth-order valence-electron chi connectivity index (χ4n) is 4.68. The van der Waals surface area contributed by atoms with E-state index >= 15 is 0 Å². The number of hydrogen-bond donors (Lipinski definition) is 1. The minimum Gasteiger partial charge on any atom is -0.329 e. The van der Waals surface area contributed by atoms with Crippen LogP contribution in [0.2, 0.25) is 0 Å². The van der Waals surface area contributed by atoms with Gasteiger partial charge in [0.2, 0.25) is 0 Å². The molecule has 3 nitrogen and oxygen atoms in total. The summed E-state index contributed by atoms with van der Waals surface area (Å²) in [7, 11) is 4.40. The van der Waals surface area contributed by atoms with E-state index in [2.05, 4.69) is 30.8 Å². The lowest BCUT2D eigenvalue weighted by Gasteiger charge is -2.52. The summed E-state index contributed by atoms with van der Waals surface area (Å²) >= 11 is 0. The predicted molar refractivity (Wildman–Crippen MR) is 82.3 cm³/mol. The fourth-order valence-corrected chi connectivity index (χ4v) is 4.68. The summed E-state index contributed by atoms with van der Waals surface area (Å²) in [6.45, 7) is 5.68. The molecule has 1 aliphatic heterocycles. The maximum Gasteiger partial charge on any atom is 0.0363 e. The summed E-state index contributed by atoms with van der Waals surface area (Å²) in [5, 5.41) is 0. The molecular formula is C16H33N3. The molecule has 2 N–H and O–H groups in total. The maximum atomic E-state index is 6.32. The van der Waals surface area contributed by atoms with E-state index in [0.29, 0.717) is 5.54 Å². The molecule has 3 heteroatoms. The second-order valence-electron chi connectivity index (χ2n) is 6.91. The third-order valence-corrected chi connectivity index (χ3v) is 5.54. The molecule has 1 saturated carbocycles. The van der Waals surface area contributed by atoms with Gasteiger partial charge in [0, 0.05) is 24.7 Å². The molecule has 2 aliphatic rings. The van der Waals surface area contributed by atoms with Crippen LogP contribution in [0.25, 0.3) is 0 Å². The Morgan fingerprint density at radius 2 is 2.00 bits per heavy atom. The minimum absolute atomic E-state index is 0.310. The van der Waals surface area contributed by atoms with Crippen LogP contribution in [0.1, 0.15) is 51.9 Å². The van der Waals surface area contributed by atoms with Crippen LogP contribution in [0.4, 0.5) is 0 Å². The van der Waals surface area contributed by atoms with E-state index in [4.69, 9.17) is 5.73 Å². The van der Waals surface area contributed by atoms with E-state index in [1.165, 1.54) is 58.0 Å². The van der Waals surface area contributed by atoms with Gasteiger partial charge in [-0.2, -0.15) is 0 Å². The van der Waals surface area contributed by atoms with E-state index in [9.17, 15) is 0 Å². The van der Waals surface area contributed by atoms with Crippen molar-refractivity contribution in [3.8, 4) is 0 Å². The smallest absolute Gasteiger partial charge is 0.0363 e. The van der Waals surface area contributed by atoms with Crippen LogP contribution in [-0.4, -0.2) is 55.1 Å². The van der Waals surface area contributed by atoms with Crippen LogP contribution < -0.4 is 5.73 Å². The van der Waals surface area contributed by atoms with Gasteiger partial charge in [0.25, 0.3) is 0 Å². The van der Waals surface area contributed by atoms with Crippen molar-refractivity contribution in [1.82, 2.24) is 9.80 Å². The molecule has 0 radical (unpaired) electrons. The van der Waals surface area contributed by atoms with Gasteiger partial charge in [0.05, 0.1) is 0 Å². The Morgan fingerprint density at radius 3 is 2.63 bits per heavy atom. The Kier molecular flexibility index (Phi) is 5.27. The van der Waals surface area contributed by atoms with Gasteiger partial charge in [-0.15, -0.1) is 0 Å². The topological polar surface area (TPSA) is 32.5 Å². The molecule has 112 valence electrons. The monoisotopic (exact) mass is 267 g/mol. The highest BCUT2D eigenvalue weighted by atomic mass is 15.3. The van der Waals surface area contributed by atoms with Gasteiger partial charge >= 0.3 is 0 Å². The highest BCUT2D eigenvalue weighted by Gasteiger charge is 2.47. The van der Waals surface area contributed by atoms with Gasteiger partial charge in [-0.3, -0.25) is 4.90 Å². The molecule has 3 atom stereocenters. The van der Waals surface area contributed by atoms with Crippen molar-refractivity contribution in [2.45, 2.75) is 63.5 Å². The zero-order chi connectivity index (χ0) is 13.9. The van der Waals surface area contributed by atoms with Gasteiger partial charge in [0.15, 0.2) is 0 Å². The average molecular weight is 267 g/mol. The number of hydrogen-bond acceptors (Lipinski definition) is 3. The van der Waals surface area contributed by atoms with Gasteiger partial charge < -0.3 is 10.6 Å². The first kappa shape index (κ1) is 15.3. The van der Waals surface area contributed by atoms with Crippen LogP contribution in [0, 0.1) is 5.92 Å². The highest BCUT2D eigenvalue weighted by molar-refractivity contribution is 5.03. The quantitative estimate of drug-likeness (QED) is 0.829. The van der Waals surface area contributed by atoms with Crippen LogP contribution in [0.15, 0.2) is 0 Å². The lowest BCUT2D eigenvalue weighted by atomic mass is 9.70. The summed E-state index contributed by atoms with van der Waals surface area (Å²) in [6, 6.07) is 0.727. The molecule has 1 aliphatic carbocycles. The number of rotatable bonds is 5. The molecule has 1 heterocycles. The summed E-state index contributed by atoms with van der Waals surface area (Å²) in [6.07, 6.45) is 9.51. The van der Waals surface area contributed by atoms with Crippen LogP contribution in [0.5, 0.6) is 0 Å². The van der Waals surface area contributed by atoms with Gasteiger partial charge in [-0.25, -0.2) is 0 Å². The Hall–Kier alpha value is -0.120. The fraction of sp³-hybridized carbons (Fsp3) is 1.00. The zero-order valence-electron chi connectivity index (χ0n) is 13.2. The first-order valence-electron chi connectivity index (χ1n) is 8.25. The average Bonchev–Trinajstić information content (AvgIpc) is 2.86. The van der Waals surface area contributed by atoms with Crippen molar-refractivity contribution in [1.29, 1.82) is 0 Å². The van der Waals surface area contributed by atoms with Crippen molar-refractivity contribution in [3.63, 3.8) is 0 Å². The Morgan fingerprint density at radius 1 is 1.21 bits per heavy atom. The molecule has 0 amide bonds. The molecule has 1 saturated heterocycles. The number of likely N-dealkylation sites (tertiary alicyclic amines) is 1. The van der Waals surface area contributed by atoms with Crippen molar-refractivity contribution in [3.05, 3.63) is 0 Å². The molecule has 2 fully saturated rings. The molecule has 19 heavy (non-hydrogen) atoms. The molecule has 0 aromatic heterocycles. The number of nitrogens with two attached hydrogens (primary N) is 1. The van der Waals surface area contributed by atoms with E-state index in [0.717, 1.165) is 18.5 Å². The second-order valence-corrected chi connectivity index (χ2v) is 6.91. The van der Waals surface area contributed by atoms with Crippen LogP contribution in [-0.2, 0) is 0 Å². The van der Waals surface area contributed by atoms with E-state index in [-0.39, 0.29) is 0 Å². The molecule has 0 bridgehead atoms. The lowest BCUT2D eigenvalue weighted by molar-refractivity contribution is -0.0106. The van der Waals surface area contributed by atoms with Gasteiger partial charge in [0.1, 0.15) is 0 Å². The Bertz CT molecular complexity index is 279. The highest BCUT2D eigenvalue weighted by Crippen LogP contribution is 2.43. The van der Waals surface area contributed by atoms with Crippen molar-refractivity contribution in [2.75, 3.05) is 33.7 Å². The first-order chi connectivity index (χ1) is 9.14. The summed E-state index contributed by atoms with van der Waals surface area (Å²) in [5.41, 5.74) is 6.63. The summed E-state index contributed by atoms with van der Waals surface area (Å²) in [5.74, 6) is 0.814. The maximum absolute atomic E-state index is 6.32. The van der Waals surface area contributed by atoms with E-state index < -0.39 is 0 Å². The van der Waals surface area contributed by atoms with E-state index in [1.807, 2.05) is 0 Å². The third-order valence-electron chi connectivity index (χ3n) is 5.54. The van der Waals surface area contributed by atoms with E-state index in [1.54, 1.807) is 0 Å². The minimum atomic E-state index is 0.310. The number of likely N-dealkylation sites (N-methyl/N-ethyl adjacent to an activating group) is 1. The second kappa shape index (κ2) is 6.55. The van der Waals surface area contributed by atoms with Crippen LogP contribution >= 0.6 is 0 Å². The normalized spacial score (nSPS) is 37.1. The Balaban J connectivity index is 2.18. The summed E-state index contributed by atoms with van der Waals surface area (Å²) in [4.78, 5) is 5.16. The molecule has 0 spiro atoms. The molecule has 2 rings (SSSR count). The molecular weight excluding hydrogens is 234 g/mol. The van der Waals surface area contributed by atoms with Crippen molar-refractivity contribution in [2.24, 2.45) is 11.7 Å². The standard InChI is InChI=1S/C16H33N3/c1-4-14-8-5-6-10-16(14,13-17)19-11-7-9-15(19)12-18(2)3/h14-15H,4-13,17H2,1-3H3. The predicted octanol–water partition coefficient (Wildman–Crippen LogP) is 2.31. The van der Waals surface area contributed by atoms with Crippen molar-refractivity contribution >= 4 is 0 Å². The molecule has 3 unspecified atom stereocenters. The summed E-state index contributed by atoms with van der Waals surface area (Å²) < 4.78 is 0. The number of nitrogens with zero attached hydrogens (tertiary/aromatic N) is 2. The van der Waals surface area contributed by atoms with Gasteiger partial charge in [-0.05, 0) is 52.2 Å². The molecule has 0 aromatic carbocycles. The lowest BCUT2D eigenvalue weighted by Crippen LogP contribution is -2.62. The third kappa shape index (κ3) is 2.98.